The first-order valence-corrected chi connectivity index (χ1v) is 3.80. The van der Waals surface area contributed by atoms with Crippen LogP contribution in [0.15, 0.2) is 24.3 Å². The molecule has 1 aromatic rings. The number of halogens is 2. The molecule has 1 rings (SSSR count). The van der Waals surface area contributed by atoms with Crippen LogP contribution in [0.1, 0.15) is 11.6 Å². The minimum Gasteiger partial charge on any atom is -0.319 e. The number of nitrogens with zero attached hydrogens (tertiary/aromatic N) is 1. The summed E-state index contributed by atoms with van der Waals surface area (Å²) in [5, 5.41) is 10.3. The van der Waals surface area contributed by atoms with E-state index in [-0.39, 0.29) is 11.3 Å². The van der Waals surface area contributed by atoms with Gasteiger partial charge in [-0.1, -0.05) is 12.1 Å². The van der Waals surface area contributed by atoms with Crippen LogP contribution in [-0.4, -0.2) is 11.3 Å². The van der Waals surface area contributed by atoms with E-state index in [0.29, 0.717) is 0 Å². The summed E-state index contributed by atoms with van der Waals surface area (Å²) in [4.78, 5) is 9.67. The molecule has 0 aromatic heterocycles. The monoisotopic (exact) mass is 202 g/mol. The van der Waals surface area contributed by atoms with E-state index in [9.17, 15) is 18.9 Å². The van der Waals surface area contributed by atoms with Crippen LogP contribution < -0.4 is 5.73 Å². The predicted octanol–water partition coefficient (Wildman–Crippen LogP) is 1.86. The Morgan fingerprint density at radius 1 is 1.43 bits per heavy atom. The zero-order valence-electron chi connectivity index (χ0n) is 7.06. The minimum absolute atomic E-state index is 0.0641. The Balaban J connectivity index is 2.99. The van der Waals surface area contributed by atoms with Gasteiger partial charge >= 0.3 is 0 Å². The van der Waals surface area contributed by atoms with Crippen LogP contribution in [0.5, 0.6) is 0 Å². The predicted molar refractivity (Wildman–Crippen MR) is 46.0 cm³/mol. The molecule has 0 radical (unpaired) electrons. The van der Waals surface area contributed by atoms with E-state index in [1.807, 2.05) is 0 Å². The molecule has 0 fully saturated rings. The van der Waals surface area contributed by atoms with Crippen molar-refractivity contribution < 1.29 is 13.7 Å². The molecule has 2 N–H and O–H groups in total. The zero-order chi connectivity index (χ0) is 10.7. The maximum absolute atomic E-state index is 12.2. The Bertz CT molecular complexity index is 344. The molecule has 0 heterocycles. The highest BCUT2D eigenvalue weighted by molar-refractivity contribution is 5.35. The van der Waals surface area contributed by atoms with Crippen molar-refractivity contribution in [2.24, 2.45) is 5.73 Å². The SMILES string of the molecule is N[C@@H](c1cccc([N+](=O)[O-])c1)C(F)F. The fourth-order valence-electron chi connectivity index (χ4n) is 0.991. The molecule has 1 aromatic carbocycles. The average Bonchev–Trinajstić information content (AvgIpc) is 2.16. The zero-order valence-corrected chi connectivity index (χ0v) is 7.06. The molecule has 0 saturated heterocycles. The maximum atomic E-state index is 12.2. The topological polar surface area (TPSA) is 69.2 Å². The third kappa shape index (κ3) is 2.23. The van der Waals surface area contributed by atoms with Crippen LogP contribution in [0.25, 0.3) is 0 Å². The molecule has 0 unspecified atom stereocenters. The number of alkyl halides is 2. The van der Waals surface area contributed by atoms with Gasteiger partial charge in [-0.2, -0.15) is 0 Å². The van der Waals surface area contributed by atoms with Gasteiger partial charge in [-0.3, -0.25) is 10.1 Å². The fourth-order valence-corrected chi connectivity index (χ4v) is 0.991. The van der Waals surface area contributed by atoms with Gasteiger partial charge in [0.05, 0.1) is 11.0 Å². The second-order valence-electron chi connectivity index (χ2n) is 2.71. The lowest BCUT2D eigenvalue weighted by molar-refractivity contribution is -0.384. The van der Waals surface area contributed by atoms with E-state index in [1.54, 1.807) is 0 Å². The van der Waals surface area contributed by atoms with Crippen molar-refractivity contribution in [3.8, 4) is 0 Å². The molecular formula is C8H8F2N2O2. The largest absolute Gasteiger partial charge is 0.319 e. The minimum atomic E-state index is -2.72. The third-order valence-electron chi connectivity index (χ3n) is 1.74. The van der Waals surface area contributed by atoms with E-state index in [0.717, 1.165) is 6.07 Å². The summed E-state index contributed by atoms with van der Waals surface area (Å²) in [5.74, 6) is 0. The Morgan fingerprint density at radius 2 is 2.07 bits per heavy atom. The number of nitrogens with two attached hydrogens (primary N) is 1. The van der Waals surface area contributed by atoms with Gasteiger partial charge in [0.15, 0.2) is 0 Å². The highest BCUT2D eigenvalue weighted by Crippen LogP contribution is 2.21. The standard InChI is InChI=1S/C8H8F2N2O2/c9-8(10)7(11)5-2-1-3-6(4-5)12(13)14/h1-4,7-8H,11H2/t7-/m0/s1. The molecule has 6 heteroatoms. The molecule has 76 valence electrons. The summed E-state index contributed by atoms with van der Waals surface area (Å²) < 4.78 is 24.3. The second kappa shape index (κ2) is 4.10. The summed E-state index contributed by atoms with van der Waals surface area (Å²) in [5.41, 5.74) is 4.96. The van der Waals surface area contributed by atoms with E-state index in [4.69, 9.17) is 5.73 Å². The fraction of sp³-hybridized carbons (Fsp3) is 0.250. The number of rotatable bonds is 3. The number of non-ortho nitro benzene ring substituents is 1. The third-order valence-corrected chi connectivity index (χ3v) is 1.74. The van der Waals surface area contributed by atoms with Gasteiger partial charge < -0.3 is 5.73 Å². The molecular weight excluding hydrogens is 194 g/mol. The molecule has 0 bridgehead atoms. The molecule has 0 amide bonds. The number of hydrogen-bond donors (Lipinski definition) is 1. The van der Waals surface area contributed by atoms with Crippen molar-refractivity contribution in [1.82, 2.24) is 0 Å². The summed E-state index contributed by atoms with van der Waals surface area (Å²) in [7, 11) is 0. The van der Waals surface area contributed by atoms with E-state index in [1.165, 1.54) is 18.2 Å². The van der Waals surface area contributed by atoms with Gasteiger partial charge in [0.1, 0.15) is 0 Å². The van der Waals surface area contributed by atoms with Crippen molar-refractivity contribution in [3.63, 3.8) is 0 Å². The molecule has 4 nitrogen and oxygen atoms in total. The summed E-state index contributed by atoms with van der Waals surface area (Å²) >= 11 is 0. The lowest BCUT2D eigenvalue weighted by Gasteiger charge is -2.09. The van der Waals surface area contributed by atoms with Gasteiger partial charge in [0, 0.05) is 12.1 Å². The Morgan fingerprint density at radius 3 is 2.57 bits per heavy atom. The number of benzene rings is 1. The highest BCUT2D eigenvalue weighted by atomic mass is 19.3. The Hall–Kier alpha value is -1.56. The molecule has 0 aliphatic carbocycles. The second-order valence-corrected chi connectivity index (χ2v) is 2.71. The normalized spacial score (nSPS) is 12.9. The van der Waals surface area contributed by atoms with Crippen LogP contribution >= 0.6 is 0 Å². The molecule has 0 spiro atoms. The number of hydrogen-bond acceptors (Lipinski definition) is 3. The first-order chi connectivity index (χ1) is 6.52. The van der Waals surface area contributed by atoms with Crippen molar-refractivity contribution in [1.29, 1.82) is 0 Å². The lowest BCUT2D eigenvalue weighted by Crippen LogP contribution is -2.18. The van der Waals surface area contributed by atoms with Gasteiger partial charge in [0.25, 0.3) is 12.1 Å². The first kappa shape index (κ1) is 10.5. The van der Waals surface area contributed by atoms with Gasteiger partial charge in [-0.15, -0.1) is 0 Å². The number of nitro benzene ring substituents is 1. The molecule has 0 aliphatic rings. The molecule has 0 aliphatic heterocycles. The van der Waals surface area contributed by atoms with Crippen molar-refractivity contribution in [2.75, 3.05) is 0 Å². The van der Waals surface area contributed by atoms with Crippen molar-refractivity contribution >= 4 is 5.69 Å². The Labute approximate surface area is 78.5 Å². The van der Waals surface area contributed by atoms with Gasteiger partial charge in [-0.25, -0.2) is 8.78 Å². The Kier molecular flexibility index (Phi) is 3.08. The summed E-state index contributed by atoms with van der Waals surface area (Å²) in [6.45, 7) is 0. The van der Waals surface area contributed by atoms with E-state index < -0.39 is 17.4 Å². The smallest absolute Gasteiger partial charge is 0.269 e. The van der Waals surface area contributed by atoms with Crippen LogP contribution in [0.3, 0.4) is 0 Å². The quantitative estimate of drug-likeness (QED) is 0.600. The average molecular weight is 202 g/mol. The van der Waals surface area contributed by atoms with Crippen LogP contribution in [-0.2, 0) is 0 Å². The van der Waals surface area contributed by atoms with Gasteiger partial charge in [-0.05, 0) is 5.56 Å². The van der Waals surface area contributed by atoms with E-state index >= 15 is 0 Å². The highest BCUT2D eigenvalue weighted by Gasteiger charge is 2.19. The van der Waals surface area contributed by atoms with Crippen molar-refractivity contribution in [2.45, 2.75) is 12.5 Å². The van der Waals surface area contributed by atoms with Crippen LogP contribution in [0.4, 0.5) is 14.5 Å². The first-order valence-electron chi connectivity index (χ1n) is 3.80. The van der Waals surface area contributed by atoms with Gasteiger partial charge in [0.2, 0.25) is 0 Å². The van der Waals surface area contributed by atoms with Crippen molar-refractivity contribution in [3.05, 3.63) is 39.9 Å². The van der Waals surface area contributed by atoms with E-state index in [2.05, 4.69) is 0 Å². The van der Waals surface area contributed by atoms with Crippen LogP contribution in [0, 0.1) is 10.1 Å². The summed E-state index contributed by atoms with van der Waals surface area (Å²) in [6, 6.07) is 3.47. The maximum Gasteiger partial charge on any atom is 0.269 e. The molecule has 14 heavy (non-hydrogen) atoms. The molecule has 0 saturated carbocycles. The summed E-state index contributed by atoms with van der Waals surface area (Å²) in [6.07, 6.45) is -2.72. The van der Waals surface area contributed by atoms with Crippen LogP contribution in [0.2, 0.25) is 0 Å². The molecule has 1 atom stereocenters. The lowest BCUT2D eigenvalue weighted by atomic mass is 10.1. The number of nitro groups is 1.